The SMILES string of the molecule is COc1ccc(CN(C(=O)c2cccc(NS(=O)(=O)c3cccs3)c2)C2CC2)cc1. The van der Waals surface area contributed by atoms with Crippen molar-refractivity contribution in [2.24, 2.45) is 0 Å². The number of nitrogens with zero attached hydrogens (tertiary/aromatic N) is 1. The Labute approximate surface area is 180 Å². The lowest BCUT2D eigenvalue weighted by atomic mass is 10.1. The van der Waals surface area contributed by atoms with Gasteiger partial charge in [0.05, 0.1) is 7.11 Å². The minimum atomic E-state index is -3.66. The second kappa shape index (κ2) is 8.49. The van der Waals surface area contributed by atoms with Crippen LogP contribution >= 0.6 is 11.3 Å². The van der Waals surface area contributed by atoms with E-state index in [2.05, 4.69) is 4.72 Å². The van der Waals surface area contributed by atoms with Gasteiger partial charge in [-0.25, -0.2) is 8.42 Å². The second-order valence-electron chi connectivity index (χ2n) is 7.13. The fourth-order valence-electron chi connectivity index (χ4n) is 3.18. The number of carbonyl (C=O) groups is 1. The normalized spacial score (nSPS) is 13.6. The number of carbonyl (C=O) groups excluding carboxylic acids is 1. The van der Waals surface area contributed by atoms with Crippen LogP contribution in [0.4, 0.5) is 5.69 Å². The minimum Gasteiger partial charge on any atom is -0.497 e. The van der Waals surface area contributed by atoms with Gasteiger partial charge in [-0.3, -0.25) is 9.52 Å². The van der Waals surface area contributed by atoms with Crippen molar-refractivity contribution in [3.63, 3.8) is 0 Å². The van der Waals surface area contributed by atoms with E-state index in [1.807, 2.05) is 29.2 Å². The molecule has 1 heterocycles. The quantitative estimate of drug-likeness (QED) is 0.562. The Hall–Kier alpha value is -2.84. The van der Waals surface area contributed by atoms with Crippen molar-refractivity contribution in [3.05, 3.63) is 77.2 Å². The van der Waals surface area contributed by atoms with E-state index >= 15 is 0 Å². The maximum absolute atomic E-state index is 13.2. The van der Waals surface area contributed by atoms with Gasteiger partial charge >= 0.3 is 0 Å². The summed E-state index contributed by atoms with van der Waals surface area (Å²) in [6.45, 7) is 0.499. The lowest BCUT2D eigenvalue weighted by Crippen LogP contribution is -2.32. The number of rotatable bonds is 8. The first-order chi connectivity index (χ1) is 14.5. The molecule has 1 amide bonds. The van der Waals surface area contributed by atoms with Gasteiger partial charge in [-0.1, -0.05) is 24.3 Å². The number of amides is 1. The van der Waals surface area contributed by atoms with Gasteiger partial charge in [-0.05, 0) is 60.2 Å². The van der Waals surface area contributed by atoms with Gasteiger partial charge in [-0.15, -0.1) is 11.3 Å². The van der Waals surface area contributed by atoms with Crippen LogP contribution in [0.25, 0.3) is 0 Å². The van der Waals surface area contributed by atoms with E-state index in [0.717, 1.165) is 35.5 Å². The molecule has 1 aliphatic rings. The first-order valence-corrected chi connectivity index (χ1v) is 11.9. The molecule has 0 saturated heterocycles. The Balaban J connectivity index is 1.53. The summed E-state index contributed by atoms with van der Waals surface area (Å²) in [6, 6.07) is 17.8. The maximum atomic E-state index is 13.2. The Bertz CT molecular complexity index is 1120. The molecular weight excluding hydrogens is 420 g/mol. The van der Waals surface area contributed by atoms with Crippen LogP contribution in [0, 0.1) is 0 Å². The summed E-state index contributed by atoms with van der Waals surface area (Å²) in [7, 11) is -2.04. The second-order valence-corrected chi connectivity index (χ2v) is 9.99. The summed E-state index contributed by atoms with van der Waals surface area (Å²) in [5, 5.41) is 1.71. The molecule has 6 nitrogen and oxygen atoms in total. The molecule has 2 aromatic carbocycles. The molecule has 1 fully saturated rings. The molecule has 0 aliphatic heterocycles. The summed E-state index contributed by atoms with van der Waals surface area (Å²) < 4.78 is 33.0. The third-order valence-electron chi connectivity index (χ3n) is 4.88. The Morgan fingerprint density at radius 3 is 2.53 bits per heavy atom. The van der Waals surface area contributed by atoms with Crippen molar-refractivity contribution in [2.75, 3.05) is 11.8 Å². The molecule has 0 bridgehead atoms. The topological polar surface area (TPSA) is 75.7 Å². The zero-order valence-corrected chi connectivity index (χ0v) is 18.1. The molecule has 1 aromatic heterocycles. The molecule has 0 unspecified atom stereocenters. The molecule has 156 valence electrons. The summed E-state index contributed by atoms with van der Waals surface area (Å²) in [5.41, 5.74) is 1.85. The fraction of sp³-hybridized carbons (Fsp3) is 0.227. The number of sulfonamides is 1. The van der Waals surface area contributed by atoms with E-state index in [9.17, 15) is 13.2 Å². The first kappa shape index (κ1) is 20.4. The Morgan fingerprint density at radius 1 is 1.13 bits per heavy atom. The zero-order valence-electron chi connectivity index (χ0n) is 16.4. The van der Waals surface area contributed by atoms with Crippen molar-refractivity contribution >= 4 is 33.0 Å². The van der Waals surface area contributed by atoms with Crippen LogP contribution in [0.15, 0.2) is 70.3 Å². The molecule has 1 saturated carbocycles. The number of anilines is 1. The summed E-state index contributed by atoms with van der Waals surface area (Å²) in [4.78, 5) is 15.1. The highest BCUT2D eigenvalue weighted by atomic mass is 32.2. The minimum absolute atomic E-state index is 0.106. The van der Waals surface area contributed by atoms with Crippen molar-refractivity contribution < 1.29 is 17.9 Å². The highest BCUT2D eigenvalue weighted by Gasteiger charge is 2.33. The van der Waals surface area contributed by atoms with Crippen LogP contribution in [0.3, 0.4) is 0 Å². The van der Waals surface area contributed by atoms with Crippen LogP contribution in [0.1, 0.15) is 28.8 Å². The fourth-order valence-corrected chi connectivity index (χ4v) is 5.23. The van der Waals surface area contributed by atoms with Crippen molar-refractivity contribution in [1.29, 1.82) is 0 Å². The number of methoxy groups -OCH3 is 1. The molecule has 8 heteroatoms. The Kier molecular flexibility index (Phi) is 5.78. The smallest absolute Gasteiger partial charge is 0.271 e. The third-order valence-corrected chi connectivity index (χ3v) is 7.66. The number of nitrogens with one attached hydrogen (secondary N) is 1. The standard InChI is InChI=1S/C22H22N2O4S2/c1-28-20-11-7-16(8-12-20)15-24(19-9-10-19)22(25)17-4-2-5-18(14-17)23-30(26,27)21-6-3-13-29-21/h2-8,11-14,19,23H,9-10,15H2,1H3. The molecule has 30 heavy (non-hydrogen) atoms. The average Bonchev–Trinajstić information content (AvgIpc) is 3.43. The predicted octanol–water partition coefficient (Wildman–Crippen LogP) is 4.36. The van der Waals surface area contributed by atoms with Crippen LogP contribution < -0.4 is 9.46 Å². The van der Waals surface area contributed by atoms with Gasteiger partial charge < -0.3 is 9.64 Å². The number of hydrogen-bond acceptors (Lipinski definition) is 5. The van der Waals surface area contributed by atoms with Gasteiger partial charge in [0, 0.05) is 23.8 Å². The van der Waals surface area contributed by atoms with E-state index in [-0.39, 0.29) is 16.2 Å². The molecule has 0 atom stereocenters. The van der Waals surface area contributed by atoms with Gasteiger partial charge in [0.25, 0.3) is 15.9 Å². The third kappa shape index (κ3) is 4.66. The summed E-state index contributed by atoms with van der Waals surface area (Å²) in [5.74, 6) is 0.666. The van der Waals surface area contributed by atoms with Gasteiger partial charge in [0.15, 0.2) is 0 Å². The molecule has 1 N–H and O–H groups in total. The predicted molar refractivity (Wildman–Crippen MR) is 117 cm³/mol. The van der Waals surface area contributed by atoms with Crippen molar-refractivity contribution in [2.45, 2.75) is 29.6 Å². The van der Waals surface area contributed by atoms with Gasteiger partial charge in [0.2, 0.25) is 0 Å². The lowest BCUT2D eigenvalue weighted by molar-refractivity contribution is 0.0730. The average molecular weight is 443 g/mol. The van der Waals surface area contributed by atoms with Gasteiger partial charge in [-0.2, -0.15) is 0 Å². The summed E-state index contributed by atoms with van der Waals surface area (Å²) in [6.07, 6.45) is 1.96. The largest absolute Gasteiger partial charge is 0.497 e. The van der Waals surface area contributed by atoms with E-state index < -0.39 is 10.0 Å². The van der Waals surface area contributed by atoms with Crippen LogP contribution in [-0.4, -0.2) is 32.4 Å². The van der Waals surface area contributed by atoms with E-state index in [4.69, 9.17) is 4.74 Å². The monoisotopic (exact) mass is 442 g/mol. The van der Waals surface area contributed by atoms with Crippen molar-refractivity contribution in [3.8, 4) is 5.75 Å². The Morgan fingerprint density at radius 2 is 1.90 bits per heavy atom. The highest BCUT2D eigenvalue weighted by Crippen LogP contribution is 2.31. The molecule has 0 spiro atoms. The number of ether oxygens (including phenoxy) is 1. The number of benzene rings is 2. The number of hydrogen-bond donors (Lipinski definition) is 1. The van der Waals surface area contributed by atoms with Crippen molar-refractivity contribution in [1.82, 2.24) is 4.90 Å². The van der Waals surface area contributed by atoms with E-state index in [1.54, 1.807) is 48.9 Å². The molecule has 3 aromatic rings. The number of thiophene rings is 1. The lowest BCUT2D eigenvalue weighted by Gasteiger charge is -2.23. The summed E-state index contributed by atoms with van der Waals surface area (Å²) >= 11 is 1.15. The molecule has 1 aliphatic carbocycles. The van der Waals surface area contributed by atoms with Crippen LogP contribution in [-0.2, 0) is 16.6 Å². The highest BCUT2D eigenvalue weighted by molar-refractivity contribution is 7.94. The van der Waals surface area contributed by atoms with Gasteiger partial charge in [0.1, 0.15) is 9.96 Å². The first-order valence-electron chi connectivity index (χ1n) is 9.56. The zero-order chi connectivity index (χ0) is 21.1. The maximum Gasteiger partial charge on any atom is 0.271 e. The van der Waals surface area contributed by atoms with E-state index in [1.165, 1.54) is 0 Å². The van der Waals surface area contributed by atoms with Crippen LogP contribution in [0.5, 0.6) is 5.75 Å². The molecular formula is C22H22N2O4S2. The van der Waals surface area contributed by atoms with Crippen LogP contribution in [0.2, 0.25) is 0 Å². The van der Waals surface area contributed by atoms with E-state index in [0.29, 0.717) is 17.8 Å². The molecule has 0 radical (unpaired) electrons. The molecule has 4 rings (SSSR count).